The van der Waals surface area contributed by atoms with E-state index in [1.165, 1.54) is 0 Å². The molecule has 1 aliphatic rings. The molecule has 1 saturated heterocycles. The lowest BCUT2D eigenvalue weighted by Gasteiger charge is -2.26. The Hall–Kier alpha value is -1.59. The fourth-order valence-electron chi connectivity index (χ4n) is 2.69. The highest BCUT2D eigenvalue weighted by molar-refractivity contribution is 6.35. The fraction of sp³-hybridized carbons (Fsp3) is 0.429. The minimum atomic E-state index is 0.0340. The van der Waals surface area contributed by atoms with Crippen LogP contribution in [0.3, 0.4) is 0 Å². The summed E-state index contributed by atoms with van der Waals surface area (Å²) in [6, 6.07) is 5.92. The van der Waals surface area contributed by atoms with Crippen molar-refractivity contribution in [1.29, 1.82) is 0 Å². The standard InChI is InChI=1S/C14H17ClN4O/c1-8-7-9(5-6-16-8)14(20)17-13-10-3-2-4-11(15)12(10)18-19-13/h2-4,8-9,16H,5-7H2,1H3,(H2,17,18,19,20)/t8-,9-/m0/s1. The molecule has 2 aromatic rings. The highest BCUT2D eigenvalue weighted by atomic mass is 35.5. The molecule has 0 bridgehead atoms. The van der Waals surface area contributed by atoms with Gasteiger partial charge in [-0.3, -0.25) is 9.89 Å². The number of amides is 1. The molecule has 0 saturated carbocycles. The molecule has 106 valence electrons. The first-order valence-electron chi connectivity index (χ1n) is 6.82. The number of aromatic nitrogens is 2. The third kappa shape index (κ3) is 2.51. The van der Waals surface area contributed by atoms with Crippen molar-refractivity contribution < 1.29 is 4.79 Å². The van der Waals surface area contributed by atoms with Gasteiger partial charge in [0.15, 0.2) is 5.82 Å². The second-order valence-corrected chi connectivity index (χ2v) is 5.71. The van der Waals surface area contributed by atoms with Gasteiger partial charge in [0.05, 0.1) is 10.5 Å². The number of para-hydroxylation sites is 1. The van der Waals surface area contributed by atoms with Crippen LogP contribution in [0.25, 0.3) is 10.9 Å². The van der Waals surface area contributed by atoms with Gasteiger partial charge in [-0.15, -0.1) is 0 Å². The van der Waals surface area contributed by atoms with E-state index in [-0.39, 0.29) is 11.8 Å². The number of nitrogens with zero attached hydrogens (tertiary/aromatic N) is 1. The Kier molecular flexibility index (Phi) is 3.63. The molecule has 0 aliphatic carbocycles. The maximum atomic E-state index is 12.3. The summed E-state index contributed by atoms with van der Waals surface area (Å²) in [7, 11) is 0. The van der Waals surface area contributed by atoms with Gasteiger partial charge in [0.2, 0.25) is 5.91 Å². The zero-order valence-electron chi connectivity index (χ0n) is 11.2. The van der Waals surface area contributed by atoms with Crippen LogP contribution >= 0.6 is 11.6 Å². The van der Waals surface area contributed by atoms with Gasteiger partial charge in [0.25, 0.3) is 0 Å². The van der Waals surface area contributed by atoms with Gasteiger partial charge in [-0.05, 0) is 38.4 Å². The summed E-state index contributed by atoms with van der Waals surface area (Å²) in [5.41, 5.74) is 0.753. The molecule has 1 aliphatic heterocycles. The molecule has 3 N–H and O–H groups in total. The first-order chi connectivity index (χ1) is 9.65. The van der Waals surface area contributed by atoms with Gasteiger partial charge >= 0.3 is 0 Å². The van der Waals surface area contributed by atoms with Crippen molar-refractivity contribution >= 4 is 34.2 Å². The molecular weight excluding hydrogens is 276 g/mol. The largest absolute Gasteiger partial charge is 0.314 e. The summed E-state index contributed by atoms with van der Waals surface area (Å²) in [6.45, 7) is 2.98. The maximum Gasteiger partial charge on any atom is 0.228 e. The monoisotopic (exact) mass is 292 g/mol. The number of fused-ring (bicyclic) bond motifs is 1. The van der Waals surface area contributed by atoms with E-state index in [2.05, 4.69) is 27.8 Å². The second kappa shape index (κ2) is 5.42. The first-order valence-corrected chi connectivity index (χ1v) is 7.20. The SMILES string of the molecule is C[C@H]1C[C@@H](C(=O)Nc2n[nH]c3c(Cl)cccc23)CCN1. The Bertz CT molecular complexity index is 639. The minimum absolute atomic E-state index is 0.0340. The van der Waals surface area contributed by atoms with E-state index in [0.29, 0.717) is 16.9 Å². The van der Waals surface area contributed by atoms with Crippen LogP contribution in [0.2, 0.25) is 5.02 Å². The number of hydrogen-bond acceptors (Lipinski definition) is 3. The molecule has 0 radical (unpaired) electrons. The highest BCUT2D eigenvalue weighted by Gasteiger charge is 2.25. The molecule has 1 aromatic heterocycles. The Morgan fingerprint density at radius 3 is 3.15 bits per heavy atom. The average molecular weight is 293 g/mol. The van der Waals surface area contributed by atoms with Crippen molar-refractivity contribution in [2.45, 2.75) is 25.8 Å². The van der Waals surface area contributed by atoms with E-state index in [9.17, 15) is 4.79 Å². The van der Waals surface area contributed by atoms with Crippen molar-refractivity contribution in [3.05, 3.63) is 23.2 Å². The third-order valence-electron chi connectivity index (χ3n) is 3.78. The second-order valence-electron chi connectivity index (χ2n) is 5.30. The van der Waals surface area contributed by atoms with Gasteiger partial charge in [-0.25, -0.2) is 0 Å². The normalized spacial score (nSPS) is 22.9. The minimum Gasteiger partial charge on any atom is -0.314 e. The average Bonchev–Trinajstić information content (AvgIpc) is 2.83. The number of H-pyrrole nitrogens is 1. The van der Waals surface area contributed by atoms with E-state index in [1.54, 1.807) is 6.07 Å². The number of rotatable bonds is 2. The van der Waals surface area contributed by atoms with Crippen molar-refractivity contribution in [3.8, 4) is 0 Å². The molecular formula is C14H17ClN4O. The lowest BCUT2D eigenvalue weighted by molar-refractivity contribution is -0.120. The highest BCUT2D eigenvalue weighted by Crippen LogP contribution is 2.27. The zero-order chi connectivity index (χ0) is 14.1. The van der Waals surface area contributed by atoms with E-state index in [4.69, 9.17) is 11.6 Å². The number of carbonyl (C=O) groups is 1. The number of anilines is 1. The number of carbonyl (C=O) groups excluding carboxylic acids is 1. The van der Waals surface area contributed by atoms with Crippen LogP contribution in [0.4, 0.5) is 5.82 Å². The molecule has 0 unspecified atom stereocenters. The topological polar surface area (TPSA) is 69.8 Å². The summed E-state index contributed by atoms with van der Waals surface area (Å²) >= 11 is 6.08. The molecule has 2 heterocycles. The predicted molar refractivity (Wildman–Crippen MR) is 79.9 cm³/mol. The van der Waals surface area contributed by atoms with Crippen LogP contribution < -0.4 is 10.6 Å². The Morgan fingerprint density at radius 1 is 1.50 bits per heavy atom. The van der Waals surface area contributed by atoms with Crippen LogP contribution in [0.1, 0.15) is 19.8 Å². The van der Waals surface area contributed by atoms with Crippen molar-refractivity contribution in [2.75, 3.05) is 11.9 Å². The van der Waals surface area contributed by atoms with Gasteiger partial charge < -0.3 is 10.6 Å². The maximum absolute atomic E-state index is 12.3. The van der Waals surface area contributed by atoms with Crippen LogP contribution in [0.5, 0.6) is 0 Å². The fourth-order valence-corrected chi connectivity index (χ4v) is 2.91. The molecule has 2 atom stereocenters. The van der Waals surface area contributed by atoms with Crippen LogP contribution in [-0.2, 0) is 4.79 Å². The number of benzene rings is 1. The van der Waals surface area contributed by atoms with Gasteiger partial charge in [-0.2, -0.15) is 5.10 Å². The molecule has 1 fully saturated rings. The Balaban J connectivity index is 1.79. The molecule has 1 amide bonds. The number of nitrogens with one attached hydrogen (secondary N) is 3. The summed E-state index contributed by atoms with van der Waals surface area (Å²) in [5.74, 6) is 0.627. The van der Waals surface area contributed by atoms with Gasteiger partial charge in [0, 0.05) is 17.3 Å². The van der Waals surface area contributed by atoms with E-state index in [0.717, 1.165) is 30.3 Å². The molecule has 20 heavy (non-hydrogen) atoms. The zero-order valence-corrected chi connectivity index (χ0v) is 12.0. The molecule has 3 rings (SSSR count). The van der Waals surface area contributed by atoms with Crippen LogP contribution in [-0.4, -0.2) is 28.7 Å². The number of piperidine rings is 1. The quantitative estimate of drug-likeness (QED) is 0.797. The van der Waals surface area contributed by atoms with E-state index < -0.39 is 0 Å². The third-order valence-corrected chi connectivity index (χ3v) is 4.10. The van der Waals surface area contributed by atoms with Crippen molar-refractivity contribution in [2.24, 2.45) is 5.92 Å². The van der Waals surface area contributed by atoms with Gasteiger partial charge in [-0.1, -0.05) is 17.7 Å². The van der Waals surface area contributed by atoms with Crippen LogP contribution in [0.15, 0.2) is 18.2 Å². The Morgan fingerprint density at radius 2 is 2.35 bits per heavy atom. The van der Waals surface area contributed by atoms with E-state index >= 15 is 0 Å². The molecule has 0 spiro atoms. The Labute approximate surface area is 122 Å². The summed E-state index contributed by atoms with van der Waals surface area (Å²) in [4.78, 5) is 12.3. The number of hydrogen-bond donors (Lipinski definition) is 3. The summed E-state index contributed by atoms with van der Waals surface area (Å²) < 4.78 is 0. The van der Waals surface area contributed by atoms with Crippen molar-refractivity contribution in [3.63, 3.8) is 0 Å². The lowest BCUT2D eigenvalue weighted by Crippen LogP contribution is -2.40. The summed E-state index contributed by atoms with van der Waals surface area (Å²) in [5, 5.41) is 14.7. The summed E-state index contributed by atoms with van der Waals surface area (Å²) in [6.07, 6.45) is 1.72. The predicted octanol–water partition coefficient (Wildman–Crippen LogP) is 2.54. The number of aromatic amines is 1. The lowest BCUT2D eigenvalue weighted by atomic mass is 9.92. The number of halogens is 1. The van der Waals surface area contributed by atoms with Crippen molar-refractivity contribution in [1.82, 2.24) is 15.5 Å². The first kappa shape index (κ1) is 13.4. The van der Waals surface area contributed by atoms with Crippen LogP contribution in [0, 0.1) is 5.92 Å². The molecule has 1 aromatic carbocycles. The van der Waals surface area contributed by atoms with E-state index in [1.807, 2.05) is 12.1 Å². The van der Waals surface area contributed by atoms with Gasteiger partial charge in [0.1, 0.15) is 0 Å². The smallest absolute Gasteiger partial charge is 0.228 e. The molecule has 5 nitrogen and oxygen atoms in total. The molecule has 6 heteroatoms.